The highest BCUT2D eigenvalue weighted by Gasteiger charge is 2.20. The predicted octanol–water partition coefficient (Wildman–Crippen LogP) is 11.7. The van der Waals surface area contributed by atoms with E-state index in [1.165, 1.54) is 16.7 Å². The van der Waals surface area contributed by atoms with Crippen molar-refractivity contribution in [3.8, 4) is 50.8 Å². The van der Waals surface area contributed by atoms with Gasteiger partial charge < -0.3 is 9.30 Å². The number of para-hydroxylation sites is 1. The van der Waals surface area contributed by atoms with E-state index in [2.05, 4.69) is 127 Å². The number of rotatable bonds is 6. The first-order valence-corrected chi connectivity index (χ1v) is 16.3. The summed E-state index contributed by atoms with van der Waals surface area (Å²) in [6.07, 6.45) is 1.80. The Labute approximate surface area is 281 Å². The summed E-state index contributed by atoms with van der Waals surface area (Å²) in [5, 5.41) is 1.12. The molecule has 0 aliphatic rings. The van der Waals surface area contributed by atoms with E-state index in [0.717, 1.165) is 61.6 Å². The summed E-state index contributed by atoms with van der Waals surface area (Å²) < 4.78 is 8.72. The number of aromatic nitrogens is 3. The summed E-state index contributed by atoms with van der Waals surface area (Å²) >= 11 is 0. The third kappa shape index (κ3) is 5.52. The number of hydrogen-bond donors (Lipinski definition) is 0. The van der Waals surface area contributed by atoms with Crippen LogP contribution in [0.1, 0.15) is 26.3 Å². The molecule has 0 atom stereocenters. The summed E-state index contributed by atoms with van der Waals surface area (Å²) in [6.45, 7) is 6.80. The monoisotopic (exact) mass is 621 g/mol. The van der Waals surface area contributed by atoms with Gasteiger partial charge >= 0.3 is 0 Å². The predicted molar refractivity (Wildman–Crippen MR) is 198 cm³/mol. The lowest BCUT2D eigenvalue weighted by Crippen LogP contribution is -2.11. The van der Waals surface area contributed by atoms with Crippen molar-refractivity contribution >= 4 is 21.9 Å². The SMILES string of the molecule is CC(C)(C)c1ccc(-n2c3ccccc3c3nc(-c4cccc(Oc5cccc(-c6ccccn6)c5)c4)ccc32)c(-c2ccccc2)c1. The highest BCUT2D eigenvalue weighted by molar-refractivity contribution is 6.08. The number of pyridine rings is 2. The van der Waals surface area contributed by atoms with Gasteiger partial charge in [0.15, 0.2) is 0 Å². The van der Waals surface area contributed by atoms with Crippen LogP contribution in [0.15, 0.2) is 158 Å². The first-order valence-electron chi connectivity index (χ1n) is 16.3. The van der Waals surface area contributed by atoms with Gasteiger partial charge in [-0.1, -0.05) is 106 Å². The molecule has 0 fully saturated rings. The minimum absolute atomic E-state index is 0.0273. The van der Waals surface area contributed by atoms with E-state index in [9.17, 15) is 0 Å². The van der Waals surface area contributed by atoms with Gasteiger partial charge in [0, 0.05) is 28.3 Å². The van der Waals surface area contributed by atoms with E-state index < -0.39 is 0 Å². The Hall–Kier alpha value is -6.00. The Morgan fingerprint density at radius 2 is 1.23 bits per heavy atom. The van der Waals surface area contributed by atoms with Crippen molar-refractivity contribution in [1.82, 2.24) is 14.5 Å². The number of fused-ring (bicyclic) bond motifs is 3. The fourth-order valence-corrected chi connectivity index (χ4v) is 6.40. The van der Waals surface area contributed by atoms with Crippen molar-refractivity contribution in [3.63, 3.8) is 0 Å². The van der Waals surface area contributed by atoms with E-state index in [1.54, 1.807) is 6.20 Å². The van der Waals surface area contributed by atoms with Crippen LogP contribution in [0.5, 0.6) is 11.5 Å². The maximum atomic E-state index is 6.35. The highest BCUT2D eigenvalue weighted by atomic mass is 16.5. The van der Waals surface area contributed by atoms with Gasteiger partial charge in [0.1, 0.15) is 11.5 Å². The van der Waals surface area contributed by atoms with E-state index in [1.807, 2.05) is 54.6 Å². The summed E-state index contributed by atoms with van der Waals surface area (Å²) in [4.78, 5) is 9.78. The molecule has 0 unspecified atom stereocenters. The maximum absolute atomic E-state index is 6.35. The Morgan fingerprint density at radius 3 is 1.96 bits per heavy atom. The molecule has 5 aromatic carbocycles. The fraction of sp³-hybridized carbons (Fsp3) is 0.0909. The number of nitrogens with zero attached hydrogens (tertiary/aromatic N) is 3. The van der Waals surface area contributed by atoms with Gasteiger partial charge in [-0.15, -0.1) is 0 Å². The molecule has 4 nitrogen and oxygen atoms in total. The lowest BCUT2D eigenvalue weighted by atomic mass is 9.85. The molecule has 0 radical (unpaired) electrons. The van der Waals surface area contributed by atoms with E-state index in [0.29, 0.717) is 0 Å². The van der Waals surface area contributed by atoms with Gasteiger partial charge in [-0.2, -0.15) is 0 Å². The zero-order valence-electron chi connectivity index (χ0n) is 27.3. The van der Waals surface area contributed by atoms with Gasteiger partial charge in [0.05, 0.1) is 33.6 Å². The Balaban J connectivity index is 1.22. The summed E-state index contributed by atoms with van der Waals surface area (Å²) in [6, 6.07) is 52.5. The molecule has 8 rings (SSSR count). The first-order chi connectivity index (χ1) is 23.4. The molecule has 3 aromatic heterocycles. The van der Waals surface area contributed by atoms with Crippen LogP contribution in [-0.4, -0.2) is 14.5 Å². The minimum Gasteiger partial charge on any atom is -0.457 e. The maximum Gasteiger partial charge on any atom is 0.128 e. The third-order valence-corrected chi connectivity index (χ3v) is 8.86. The molecule has 0 saturated carbocycles. The average Bonchev–Trinajstić information content (AvgIpc) is 3.45. The van der Waals surface area contributed by atoms with Crippen molar-refractivity contribution in [2.45, 2.75) is 26.2 Å². The molecule has 0 amide bonds. The molecule has 0 N–H and O–H groups in total. The standard InChI is InChI=1S/C44H35N3O/c1-44(2,3)33-22-24-41(37(29-33)30-13-5-4-6-14-30)47-40-21-8-7-19-36(40)43-42(47)25-23-39(46-43)32-16-12-18-35(28-32)48-34-17-11-15-31(27-34)38-20-9-10-26-45-38/h4-29H,1-3H3. The smallest absolute Gasteiger partial charge is 0.128 e. The normalized spacial score (nSPS) is 11.6. The quantitative estimate of drug-likeness (QED) is 0.185. The van der Waals surface area contributed by atoms with Gasteiger partial charge in [-0.05, 0) is 83.3 Å². The second kappa shape index (κ2) is 12.0. The van der Waals surface area contributed by atoms with Crippen molar-refractivity contribution in [2.24, 2.45) is 0 Å². The third-order valence-electron chi connectivity index (χ3n) is 8.86. The van der Waals surface area contributed by atoms with Crippen LogP contribution in [0.25, 0.3) is 61.3 Å². The van der Waals surface area contributed by atoms with Crippen LogP contribution in [0, 0.1) is 0 Å². The molecule has 0 aliphatic carbocycles. The lowest BCUT2D eigenvalue weighted by Gasteiger charge is -2.22. The molecule has 48 heavy (non-hydrogen) atoms. The zero-order chi connectivity index (χ0) is 32.7. The van der Waals surface area contributed by atoms with Gasteiger partial charge in [-0.25, -0.2) is 4.98 Å². The van der Waals surface area contributed by atoms with E-state index in [-0.39, 0.29) is 5.41 Å². The van der Waals surface area contributed by atoms with Crippen molar-refractivity contribution in [2.75, 3.05) is 0 Å². The highest BCUT2D eigenvalue weighted by Crippen LogP contribution is 2.39. The number of hydrogen-bond acceptors (Lipinski definition) is 3. The van der Waals surface area contributed by atoms with Crippen molar-refractivity contribution < 1.29 is 4.74 Å². The molecule has 232 valence electrons. The summed E-state index contributed by atoms with van der Waals surface area (Å²) in [5.74, 6) is 1.51. The number of benzene rings is 5. The molecule has 0 saturated heterocycles. The molecule has 0 aliphatic heterocycles. The number of ether oxygens (including phenoxy) is 1. The van der Waals surface area contributed by atoms with Crippen molar-refractivity contribution in [3.05, 3.63) is 163 Å². The van der Waals surface area contributed by atoms with Crippen LogP contribution in [0.3, 0.4) is 0 Å². The second-order valence-electron chi connectivity index (χ2n) is 13.1. The molecular formula is C44H35N3O. The largest absolute Gasteiger partial charge is 0.457 e. The molecular weight excluding hydrogens is 587 g/mol. The average molecular weight is 622 g/mol. The lowest BCUT2D eigenvalue weighted by molar-refractivity contribution is 0.483. The first kappa shape index (κ1) is 29.4. The van der Waals surface area contributed by atoms with E-state index in [4.69, 9.17) is 9.72 Å². The van der Waals surface area contributed by atoms with Gasteiger partial charge in [-0.3, -0.25) is 4.98 Å². The Kier molecular flexibility index (Phi) is 7.34. The molecule has 3 heterocycles. The van der Waals surface area contributed by atoms with Crippen LogP contribution in [0.4, 0.5) is 0 Å². The van der Waals surface area contributed by atoms with Crippen LogP contribution in [0.2, 0.25) is 0 Å². The molecule has 0 spiro atoms. The van der Waals surface area contributed by atoms with Gasteiger partial charge in [0.2, 0.25) is 0 Å². The van der Waals surface area contributed by atoms with Crippen LogP contribution >= 0.6 is 0 Å². The van der Waals surface area contributed by atoms with E-state index >= 15 is 0 Å². The molecule has 0 bridgehead atoms. The fourth-order valence-electron chi connectivity index (χ4n) is 6.40. The second-order valence-corrected chi connectivity index (χ2v) is 13.1. The topological polar surface area (TPSA) is 39.9 Å². The minimum atomic E-state index is 0.0273. The molecule has 4 heteroatoms. The van der Waals surface area contributed by atoms with Crippen molar-refractivity contribution in [1.29, 1.82) is 0 Å². The summed E-state index contributed by atoms with van der Waals surface area (Å²) in [7, 11) is 0. The van der Waals surface area contributed by atoms with Crippen LogP contribution in [-0.2, 0) is 5.41 Å². The Morgan fingerprint density at radius 1 is 0.542 bits per heavy atom. The van der Waals surface area contributed by atoms with Crippen LogP contribution < -0.4 is 4.74 Å². The Bertz CT molecular complexity index is 2400. The summed E-state index contributed by atoms with van der Waals surface area (Å²) in [5.41, 5.74) is 11.8. The zero-order valence-corrected chi connectivity index (χ0v) is 27.3. The molecule has 8 aromatic rings. The van der Waals surface area contributed by atoms with Gasteiger partial charge in [0.25, 0.3) is 0 Å².